The molecule has 0 aliphatic carbocycles. The molecule has 0 aromatic heterocycles. The highest BCUT2D eigenvalue weighted by Gasteiger charge is 2.18. The fourth-order valence-electron chi connectivity index (χ4n) is 1.92. The summed E-state index contributed by atoms with van der Waals surface area (Å²) in [5, 5.41) is 16.6. The summed E-state index contributed by atoms with van der Waals surface area (Å²) in [5.41, 5.74) is 0.323. The van der Waals surface area contributed by atoms with Gasteiger partial charge in [0.1, 0.15) is 0 Å². The van der Waals surface area contributed by atoms with Gasteiger partial charge >= 0.3 is 0 Å². The fourth-order valence-corrected chi connectivity index (χ4v) is 2.31. The Kier molecular flexibility index (Phi) is 5.05. The molecular formula is C12H14BrN3O4. The molecule has 1 fully saturated rings. The average molecular weight is 344 g/mol. The summed E-state index contributed by atoms with van der Waals surface area (Å²) in [5.74, 6) is -0.204. The largest absolute Gasteiger partial charge is 0.378 e. The normalized spacial score (nSPS) is 18.6. The number of ether oxygens (including phenoxy) is 1. The number of nitro groups is 1. The molecule has 0 bridgehead atoms. The molecule has 1 saturated heterocycles. The lowest BCUT2D eigenvalue weighted by molar-refractivity contribution is -0.385. The topological polar surface area (TPSA) is 93.5 Å². The van der Waals surface area contributed by atoms with E-state index in [9.17, 15) is 14.9 Å². The molecule has 8 heteroatoms. The van der Waals surface area contributed by atoms with Crippen molar-refractivity contribution in [2.75, 3.05) is 25.1 Å². The van der Waals surface area contributed by atoms with Gasteiger partial charge in [0.15, 0.2) is 0 Å². The van der Waals surface area contributed by atoms with Gasteiger partial charge < -0.3 is 15.4 Å². The number of benzene rings is 1. The van der Waals surface area contributed by atoms with Gasteiger partial charge in [-0.1, -0.05) is 0 Å². The Morgan fingerprint density at radius 1 is 1.60 bits per heavy atom. The lowest BCUT2D eigenvalue weighted by Gasteiger charge is -2.23. The van der Waals surface area contributed by atoms with E-state index in [0.717, 1.165) is 6.54 Å². The molecule has 1 atom stereocenters. The zero-order chi connectivity index (χ0) is 14.5. The van der Waals surface area contributed by atoms with Crippen LogP contribution in [0.15, 0.2) is 22.7 Å². The first-order valence-corrected chi connectivity index (χ1v) is 6.90. The van der Waals surface area contributed by atoms with Gasteiger partial charge in [0.05, 0.1) is 22.6 Å². The molecule has 0 spiro atoms. The van der Waals surface area contributed by atoms with Gasteiger partial charge in [0.25, 0.3) is 5.69 Å². The lowest BCUT2D eigenvalue weighted by atomic mass is 10.2. The second kappa shape index (κ2) is 6.78. The number of amides is 1. The Labute approximate surface area is 124 Å². The standard InChI is InChI=1S/C12H14BrN3O4/c13-10-2-1-8(5-11(10)16(18)19)15-12(17)6-9-7-20-4-3-14-9/h1-2,5,9,14H,3-4,6-7H2,(H,15,17). The number of anilines is 1. The van der Waals surface area contributed by atoms with Crippen molar-refractivity contribution in [3.63, 3.8) is 0 Å². The number of morpholine rings is 1. The van der Waals surface area contributed by atoms with Crippen LogP contribution in [0.25, 0.3) is 0 Å². The van der Waals surface area contributed by atoms with E-state index < -0.39 is 4.92 Å². The summed E-state index contributed by atoms with van der Waals surface area (Å²) >= 11 is 3.10. The number of hydrogen-bond acceptors (Lipinski definition) is 5. The quantitative estimate of drug-likeness (QED) is 0.640. The van der Waals surface area contributed by atoms with Crippen LogP contribution in [0, 0.1) is 10.1 Å². The van der Waals surface area contributed by atoms with Crippen LogP contribution in [0.4, 0.5) is 11.4 Å². The van der Waals surface area contributed by atoms with Crippen LogP contribution in [0.5, 0.6) is 0 Å². The Balaban J connectivity index is 1.96. The van der Waals surface area contributed by atoms with Crippen molar-refractivity contribution in [2.24, 2.45) is 0 Å². The number of hydrogen-bond donors (Lipinski definition) is 2. The molecule has 2 N–H and O–H groups in total. The third kappa shape index (κ3) is 3.99. The first-order chi connectivity index (χ1) is 9.56. The Hall–Kier alpha value is -1.51. The van der Waals surface area contributed by atoms with Gasteiger partial charge in [-0.15, -0.1) is 0 Å². The number of nitro benzene ring substituents is 1. The zero-order valence-corrected chi connectivity index (χ0v) is 12.2. The van der Waals surface area contributed by atoms with Crippen molar-refractivity contribution < 1.29 is 14.5 Å². The van der Waals surface area contributed by atoms with Crippen LogP contribution in [-0.2, 0) is 9.53 Å². The minimum absolute atomic E-state index is 0.0193. The third-order valence-corrected chi connectivity index (χ3v) is 3.53. The summed E-state index contributed by atoms with van der Waals surface area (Å²) < 4.78 is 5.64. The first-order valence-electron chi connectivity index (χ1n) is 6.11. The summed E-state index contributed by atoms with van der Waals surface area (Å²) in [6.07, 6.45) is 0.268. The van der Waals surface area contributed by atoms with Gasteiger partial charge in [-0.05, 0) is 28.1 Å². The summed E-state index contributed by atoms with van der Waals surface area (Å²) in [6.45, 7) is 1.87. The SMILES string of the molecule is O=C(CC1COCCN1)Nc1ccc(Br)c([N+](=O)[O-])c1. The number of carbonyl (C=O) groups is 1. The summed E-state index contributed by atoms with van der Waals surface area (Å²) in [7, 11) is 0. The van der Waals surface area contributed by atoms with Crippen LogP contribution in [-0.4, -0.2) is 36.6 Å². The average Bonchev–Trinajstić information content (AvgIpc) is 2.41. The van der Waals surface area contributed by atoms with Gasteiger partial charge in [-0.25, -0.2) is 0 Å². The minimum atomic E-state index is -0.504. The predicted molar refractivity (Wildman–Crippen MR) is 76.7 cm³/mol. The molecule has 1 amide bonds. The smallest absolute Gasteiger partial charge is 0.285 e. The molecule has 1 unspecified atom stereocenters. The molecule has 20 heavy (non-hydrogen) atoms. The van der Waals surface area contributed by atoms with Crippen LogP contribution < -0.4 is 10.6 Å². The second-order valence-corrected chi connectivity index (χ2v) is 5.26. The van der Waals surface area contributed by atoms with Gasteiger partial charge in [-0.3, -0.25) is 14.9 Å². The van der Waals surface area contributed by atoms with Gasteiger partial charge in [0, 0.05) is 30.8 Å². The van der Waals surface area contributed by atoms with Crippen LogP contribution in [0.1, 0.15) is 6.42 Å². The minimum Gasteiger partial charge on any atom is -0.378 e. The van der Waals surface area contributed by atoms with E-state index in [2.05, 4.69) is 26.6 Å². The van der Waals surface area contributed by atoms with E-state index in [-0.39, 0.29) is 24.1 Å². The molecular weight excluding hydrogens is 330 g/mol. The van der Waals surface area contributed by atoms with E-state index in [1.807, 2.05) is 0 Å². The fraction of sp³-hybridized carbons (Fsp3) is 0.417. The Morgan fingerprint density at radius 3 is 3.05 bits per heavy atom. The predicted octanol–water partition coefficient (Wildman–Crippen LogP) is 1.67. The highest BCUT2D eigenvalue weighted by molar-refractivity contribution is 9.10. The molecule has 1 aliphatic rings. The summed E-state index contributed by atoms with van der Waals surface area (Å²) in [6, 6.07) is 4.46. The van der Waals surface area contributed by atoms with Crippen molar-refractivity contribution in [3.05, 3.63) is 32.8 Å². The number of carbonyl (C=O) groups excluding carboxylic acids is 1. The number of nitrogens with zero attached hydrogens (tertiary/aromatic N) is 1. The van der Waals surface area contributed by atoms with E-state index in [0.29, 0.717) is 23.4 Å². The van der Waals surface area contributed by atoms with E-state index >= 15 is 0 Å². The maximum Gasteiger partial charge on any atom is 0.285 e. The molecule has 2 rings (SSSR count). The third-order valence-electron chi connectivity index (χ3n) is 2.86. The Morgan fingerprint density at radius 2 is 2.40 bits per heavy atom. The molecule has 7 nitrogen and oxygen atoms in total. The molecule has 1 aliphatic heterocycles. The monoisotopic (exact) mass is 343 g/mol. The second-order valence-electron chi connectivity index (χ2n) is 4.40. The molecule has 1 aromatic carbocycles. The van der Waals surface area contributed by atoms with Crippen molar-refractivity contribution in [3.8, 4) is 0 Å². The first kappa shape index (κ1) is 14.9. The van der Waals surface area contributed by atoms with E-state index in [4.69, 9.17) is 4.74 Å². The lowest BCUT2D eigenvalue weighted by Crippen LogP contribution is -2.43. The van der Waals surface area contributed by atoms with Gasteiger partial charge in [0.2, 0.25) is 5.91 Å². The summed E-state index contributed by atoms with van der Waals surface area (Å²) in [4.78, 5) is 22.2. The van der Waals surface area contributed by atoms with Gasteiger partial charge in [-0.2, -0.15) is 0 Å². The number of rotatable bonds is 4. The van der Waals surface area contributed by atoms with Crippen molar-refractivity contribution in [1.82, 2.24) is 5.32 Å². The highest BCUT2D eigenvalue weighted by Crippen LogP contribution is 2.27. The zero-order valence-electron chi connectivity index (χ0n) is 10.6. The molecule has 108 valence electrons. The van der Waals surface area contributed by atoms with Crippen LogP contribution >= 0.6 is 15.9 Å². The molecule has 0 radical (unpaired) electrons. The molecule has 1 heterocycles. The van der Waals surface area contributed by atoms with Crippen molar-refractivity contribution in [1.29, 1.82) is 0 Å². The molecule has 1 aromatic rings. The van der Waals surface area contributed by atoms with Crippen LogP contribution in [0.3, 0.4) is 0 Å². The Bertz CT molecular complexity index is 517. The van der Waals surface area contributed by atoms with E-state index in [1.54, 1.807) is 6.07 Å². The van der Waals surface area contributed by atoms with Crippen molar-refractivity contribution >= 4 is 33.2 Å². The van der Waals surface area contributed by atoms with Crippen molar-refractivity contribution in [2.45, 2.75) is 12.5 Å². The number of halogens is 1. The highest BCUT2D eigenvalue weighted by atomic mass is 79.9. The maximum absolute atomic E-state index is 11.9. The van der Waals surface area contributed by atoms with Crippen LogP contribution in [0.2, 0.25) is 0 Å². The number of nitrogens with one attached hydrogen (secondary N) is 2. The van der Waals surface area contributed by atoms with E-state index in [1.165, 1.54) is 12.1 Å². The molecule has 0 saturated carbocycles. The maximum atomic E-state index is 11.9.